The maximum atomic E-state index is 12.1. The van der Waals surface area contributed by atoms with Gasteiger partial charge in [-0.15, -0.1) is 0 Å². The lowest BCUT2D eigenvalue weighted by atomic mass is 10.1. The summed E-state index contributed by atoms with van der Waals surface area (Å²) in [6, 6.07) is 1.68. The van der Waals surface area contributed by atoms with Crippen LogP contribution in [0.4, 0.5) is 0 Å². The SMILES string of the molecule is Cc1noc2ncc(C(=O)NC[C@@H]3CCS(=O)(=O)C3)cc12. The van der Waals surface area contributed by atoms with Crippen molar-refractivity contribution in [3.8, 4) is 0 Å². The molecule has 1 saturated heterocycles. The molecular weight excluding hydrogens is 294 g/mol. The summed E-state index contributed by atoms with van der Waals surface area (Å²) in [5.41, 5.74) is 1.48. The summed E-state index contributed by atoms with van der Waals surface area (Å²) in [5.74, 6) is 0.0817. The normalized spacial score (nSPS) is 20.7. The van der Waals surface area contributed by atoms with E-state index in [2.05, 4.69) is 15.5 Å². The first-order chi connectivity index (χ1) is 9.94. The number of fused-ring (bicyclic) bond motifs is 1. The highest BCUT2D eigenvalue weighted by molar-refractivity contribution is 7.91. The molecule has 1 fully saturated rings. The van der Waals surface area contributed by atoms with Crippen molar-refractivity contribution in [2.24, 2.45) is 5.92 Å². The molecule has 21 heavy (non-hydrogen) atoms. The number of hydrogen-bond acceptors (Lipinski definition) is 6. The van der Waals surface area contributed by atoms with Crippen LogP contribution in [-0.2, 0) is 9.84 Å². The van der Waals surface area contributed by atoms with Crippen LogP contribution < -0.4 is 5.32 Å². The summed E-state index contributed by atoms with van der Waals surface area (Å²) in [7, 11) is -2.92. The Balaban J connectivity index is 1.68. The second kappa shape index (κ2) is 5.10. The van der Waals surface area contributed by atoms with E-state index in [0.29, 0.717) is 35.3 Å². The van der Waals surface area contributed by atoms with E-state index < -0.39 is 9.84 Å². The smallest absolute Gasteiger partial charge is 0.257 e. The van der Waals surface area contributed by atoms with Crippen molar-refractivity contribution in [1.29, 1.82) is 0 Å². The molecule has 1 aliphatic rings. The topological polar surface area (TPSA) is 102 Å². The number of pyridine rings is 1. The number of aromatic nitrogens is 2. The quantitative estimate of drug-likeness (QED) is 0.895. The third kappa shape index (κ3) is 2.90. The zero-order chi connectivity index (χ0) is 15.0. The van der Waals surface area contributed by atoms with Gasteiger partial charge in [0.15, 0.2) is 9.84 Å². The first-order valence-corrected chi connectivity index (χ1v) is 8.47. The standard InChI is InChI=1S/C13H15N3O4S/c1-8-11-4-10(6-15-13(11)20-16-8)12(17)14-5-9-2-3-21(18,19)7-9/h4,6,9H,2-3,5,7H2,1H3,(H,14,17)/t9-/m0/s1. The zero-order valence-corrected chi connectivity index (χ0v) is 12.3. The molecule has 0 aliphatic carbocycles. The first kappa shape index (κ1) is 14.0. The maximum Gasteiger partial charge on any atom is 0.257 e. The number of carbonyl (C=O) groups is 1. The molecule has 1 aliphatic heterocycles. The highest BCUT2D eigenvalue weighted by atomic mass is 32.2. The molecule has 8 heteroatoms. The van der Waals surface area contributed by atoms with Gasteiger partial charge in [-0.1, -0.05) is 5.16 Å². The summed E-state index contributed by atoms with van der Waals surface area (Å²) < 4.78 is 27.7. The van der Waals surface area contributed by atoms with Gasteiger partial charge >= 0.3 is 0 Å². The summed E-state index contributed by atoms with van der Waals surface area (Å²) in [5, 5.41) is 7.25. The lowest BCUT2D eigenvalue weighted by molar-refractivity contribution is 0.0948. The van der Waals surface area contributed by atoms with E-state index in [1.807, 2.05) is 0 Å². The van der Waals surface area contributed by atoms with E-state index >= 15 is 0 Å². The van der Waals surface area contributed by atoms with Crippen molar-refractivity contribution in [2.45, 2.75) is 13.3 Å². The highest BCUT2D eigenvalue weighted by Gasteiger charge is 2.28. The molecule has 1 atom stereocenters. The van der Waals surface area contributed by atoms with Gasteiger partial charge in [-0.25, -0.2) is 13.4 Å². The highest BCUT2D eigenvalue weighted by Crippen LogP contribution is 2.18. The van der Waals surface area contributed by atoms with Gasteiger partial charge < -0.3 is 9.84 Å². The molecule has 0 spiro atoms. The van der Waals surface area contributed by atoms with E-state index in [-0.39, 0.29) is 23.3 Å². The minimum absolute atomic E-state index is 0.00651. The molecule has 0 aromatic carbocycles. The molecule has 0 radical (unpaired) electrons. The van der Waals surface area contributed by atoms with Crippen molar-refractivity contribution >= 4 is 26.8 Å². The Bertz CT molecular complexity index is 797. The molecule has 112 valence electrons. The molecule has 0 bridgehead atoms. The average Bonchev–Trinajstić information content (AvgIpc) is 2.99. The van der Waals surface area contributed by atoms with E-state index in [0.717, 1.165) is 0 Å². The first-order valence-electron chi connectivity index (χ1n) is 6.65. The van der Waals surface area contributed by atoms with Crippen LogP contribution in [0.3, 0.4) is 0 Å². The Morgan fingerprint density at radius 1 is 1.52 bits per heavy atom. The molecule has 1 N–H and O–H groups in total. The Morgan fingerprint density at radius 2 is 2.33 bits per heavy atom. The van der Waals surface area contributed by atoms with Crippen molar-refractivity contribution < 1.29 is 17.7 Å². The van der Waals surface area contributed by atoms with Gasteiger partial charge in [-0.05, 0) is 25.3 Å². The fourth-order valence-corrected chi connectivity index (χ4v) is 4.30. The molecule has 0 unspecified atom stereocenters. The van der Waals surface area contributed by atoms with E-state index in [4.69, 9.17) is 4.52 Å². The molecule has 3 heterocycles. The van der Waals surface area contributed by atoms with Crippen molar-refractivity contribution in [1.82, 2.24) is 15.5 Å². The van der Waals surface area contributed by atoms with Crippen molar-refractivity contribution in [3.05, 3.63) is 23.5 Å². The van der Waals surface area contributed by atoms with Crippen molar-refractivity contribution in [2.75, 3.05) is 18.1 Å². The van der Waals surface area contributed by atoms with Crippen LogP contribution in [-0.4, -0.2) is 42.5 Å². The lowest BCUT2D eigenvalue weighted by Gasteiger charge is -2.09. The van der Waals surface area contributed by atoms with Crippen LogP contribution in [0.1, 0.15) is 22.5 Å². The lowest BCUT2D eigenvalue weighted by Crippen LogP contribution is -2.29. The number of carbonyl (C=O) groups excluding carboxylic acids is 1. The summed E-state index contributed by atoms with van der Waals surface area (Å²) >= 11 is 0. The Labute approximate surface area is 121 Å². The molecule has 1 amide bonds. The number of aryl methyl sites for hydroxylation is 1. The van der Waals surface area contributed by atoms with E-state index in [9.17, 15) is 13.2 Å². The van der Waals surface area contributed by atoms with Crippen LogP contribution >= 0.6 is 0 Å². The Kier molecular flexibility index (Phi) is 3.40. The van der Waals surface area contributed by atoms with Crippen molar-refractivity contribution in [3.63, 3.8) is 0 Å². The average molecular weight is 309 g/mol. The largest absolute Gasteiger partial charge is 0.352 e. The van der Waals surface area contributed by atoms with Gasteiger partial charge in [-0.2, -0.15) is 0 Å². The third-order valence-electron chi connectivity index (χ3n) is 3.65. The summed E-state index contributed by atoms with van der Waals surface area (Å²) in [4.78, 5) is 16.1. The molecular formula is C13H15N3O4S. The number of amides is 1. The number of nitrogens with one attached hydrogen (secondary N) is 1. The van der Waals surface area contributed by atoms with Gasteiger partial charge in [-0.3, -0.25) is 4.79 Å². The van der Waals surface area contributed by atoms with E-state index in [1.165, 1.54) is 6.20 Å². The van der Waals surface area contributed by atoms with Gasteiger partial charge in [0.05, 0.1) is 28.1 Å². The van der Waals surface area contributed by atoms with Crippen LogP contribution in [0, 0.1) is 12.8 Å². The van der Waals surface area contributed by atoms with Crippen LogP contribution in [0.5, 0.6) is 0 Å². The van der Waals surface area contributed by atoms with E-state index in [1.54, 1.807) is 13.0 Å². The molecule has 2 aromatic rings. The molecule has 0 saturated carbocycles. The summed E-state index contributed by atoms with van der Waals surface area (Å²) in [6.45, 7) is 2.14. The second-order valence-corrected chi connectivity index (χ2v) is 7.55. The summed E-state index contributed by atoms with van der Waals surface area (Å²) in [6.07, 6.45) is 2.03. The van der Waals surface area contributed by atoms with Crippen LogP contribution in [0.25, 0.3) is 11.1 Å². The van der Waals surface area contributed by atoms with Crippen LogP contribution in [0.15, 0.2) is 16.8 Å². The fraction of sp³-hybridized carbons (Fsp3) is 0.462. The van der Waals surface area contributed by atoms with Gasteiger partial charge in [0.2, 0.25) is 0 Å². The van der Waals surface area contributed by atoms with Gasteiger partial charge in [0.25, 0.3) is 11.6 Å². The monoisotopic (exact) mass is 309 g/mol. The molecule has 3 rings (SSSR count). The van der Waals surface area contributed by atoms with Gasteiger partial charge in [0.1, 0.15) is 0 Å². The Hall–Kier alpha value is -1.96. The third-order valence-corrected chi connectivity index (χ3v) is 5.49. The number of rotatable bonds is 3. The minimum atomic E-state index is -2.92. The van der Waals surface area contributed by atoms with Crippen LogP contribution in [0.2, 0.25) is 0 Å². The predicted molar refractivity (Wildman–Crippen MR) is 75.6 cm³/mol. The number of nitrogens with zero attached hydrogens (tertiary/aromatic N) is 2. The van der Waals surface area contributed by atoms with Gasteiger partial charge in [0, 0.05) is 12.7 Å². The predicted octanol–water partition coefficient (Wildman–Crippen LogP) is 0.696. The zero-order valence-electron chi connectivity index (χ0n) is 11.5. The Morgan fingerprint density at radius 3 is 3.05 bits per heavy atom. The fourth-order valence-electron chi connectivity index (χ4n) is 2.44. The number of hydrogen-bond donors (Lipinski definition) is 1. The molecule has 7 nitrogen and oxygen atoms in total. The minimum Gasteiger partial charge on any atom is -0.352 e. The second-order valence-electron chi connectivity index (χ2n) is 5.32. The maximum absolute atomic E-state index is 12.1. The number of sulfone groups is 1. The molecule has 2 aromatic heterocycles.